The number of thioether (sulfide) groups is 1. The predicted molar refractivity (Wildman–Crippen MR) is 83.0 cm³/mol. The highest BCUT2D eigenvalue weighted by Crippen LogP contribution is 2.38. The summed E-state index contributed by atoms with van der Waals surface area (Å²) in [6.45, 7) is 0. The molecule has 0 aromatic carbocycles. The third kappa shape index (κ3) is 3.91. The molecule has 0 heterocycles. The zero-order valence-corrected chi connectivity index (χ0v) is 13.5. The number of carbonyl (C=O) groups excluding carboxylic acids is 1. The summed E-state index contributed by atoms with van der Waals surface area (Å²) in [4.78, 5) is 12.5. The normalized spacial score (nSPS) is 15.6. The summed E-state index contributed by atoms with van der Waals surface area (Å²) >= 11 is 1.31. The summed E-state index contributed by atoms with van der Waals surface area (Å²) in [5.41, 5.74) is 1.52. The van der Waals surface area contributed by atoms with Crippen LogP contribution in [0, 0.1) is 39.9 Å². The van der Waals surface area contributed by atoms with Gasteiger partial charge in [0.15, 0.2) is 5.92 Å². The molecule has 0 saturated heterocycles. The van der Waals surface area contributed by atoms with Gasteiger partial charge in [-0.2, -0.15) is 15.8 Å². The van der Waals surface area contributed by atoms with Crippen LogP contribution < -0.4 is 0 Å². The average Bonchev–Trinajstić information content (AvgIpc) is 2.79. The lowest BCUT2D eigenvalue weighted by molar-refractivity contribution is -0.142. The number of esters is 1. The fourth-order valence-electron chi connectivity index (χ4n) is 2.58. The van der Waals surface area contributed by atoms with E-state index < -0.39 is 11.9 Å². The van der Waals surface area contributed by atoms with E-state index in [2.05, 4.69) is 0 Å². The molecule has 1 unspecified atom stereocenters. The second-order valence-electron chi connectivity index (χ2n) is 4.78. The van der Waals surface area contributed by atoms with Crippen LogP contribution in [0.1, 0.15) is 32.1 Å². The molecule has 0 aromatic heterocycles. The number of nitrogens with zero attached hydrogens (tertiary/aromatic N) is 3. The van der Waals surface area contributed by atoms with E-state index in [0.717, 1.165) is 24.8 Å². The monoisotopic (exact) mass is 315 g/mol. The van der Waals surface area contributed by atoms with Crippen molar-refractivity contribution in [2.75, 3.05) is 13.4 Å². The molecule has 0 fully saturated rings. The van der Waals surface area contributed by atoms with Gasteiger partial charge in [-0.3, -0.25) is 4.79 Å². The highest BCUT2D eigenvalue weighted by molar-refractivity contribution is 8.02. The van der Waals surface area contributed by atoms with Gasteiger partial charge < -0.3 is 4.74 Å². The van der Waals surface area contributed by atoms with Crippen LogP contribution in [0.5, 0.6) is 0 Å². The Morgan fingerprint density at radius 2 is 1.82 bits per heavy atom. The molecule has 6 heteroatoms. The Bertz CT molecular complexity index is 613. The van der Waals surface area contributed by atoms with Gasteiger partial charge in [0.2, 0.25) is 0 Å². The van der Waals surface area contributed by atoms with Crippen LogP contribution >= 0.6 is 11.8 Å². The molecular weight excluding hydrogens is 298 g/mol. The summed E-state index contributed by atoms with van der Waals surface area (Å²) in [6.07, 6.45) is 5.84. The van der Waals surface area contributed by atoms with Gasteiger partial charge in [0.05, 0.1) is 13.2 Å². The van der Waals surface area contributed by atoms with E-state index in [1.807, 2.05) is 18.2 Å². The van der Waals surface area contributed by atoms with E-state index in [0.29, 0.717) is 23.3 Å². The van der Waals surface area contributed by atoms with Crippen molar-refractivity contribution >= 4 is 17.7 Å². The molecule has 0 aliphatic heterocycles. The Balaban J connectivity index is 3.54. The number of methoxy groups -OCH3 is 1. The maximum atomic E-state index is 11.9. The van der Waals surface area contributed by atoms with Gasteiger partial charge in [-0.1, -0.05) is 6.42 Å². The van der Waals surface area contributed by atoms with Crippen molar-refractivity contribution in [3.63, 3.8) is 0 Å². The third-order valence-corrected chi connectivity index (χ3v) is 4.46. The number of hydrogen-bond acceptors (Lipinski definition) is 6. The fourth-order valence-corrected chi connectivity index (χ4v) is 3.35. The highest BCUT2D eigenvalue weighted by Gasteiger charge is 2.29. The van der Waals surface area contributed by atoms with Crippen molar-refractivity contribution in [2.24, 2.45) is 5.92 Å². The van der Waals surface area contributed by atoms with Gasteiger partial charge in [0.25, 0.3) is 0 Å². The lowest BCUT2D eigenvalue weighted by Crippen LogP contribution is -2.18. The maximum Gasteiger partial charge on any atom is 0.327 e. The molecule has 5 nitrogen and oxygen atoms in total. The van der Waals surface area contributed by atoms with Crippen molar-refractivity contribution in [2.45, 2.75) is 32.1 Å². The standard InChI is InChI=1S/C16H17N3O2S/c1-21-16(20)14(10-19)12-6-4-3-5-7-13(12)15(22-2)11(8-17)9-18/h14H,3-7H2,1-2H3. The smallest absolute Gasteiger partial charge is 0.327 e. The van der Waals surface area contributed by atoms with E-state index in [1.54, 1.807) is 6.26 Å². The van der Waals surface area contributed by atoms with Crippen LogP contribution in [0.2, 0.25) is 0 Å². The molecule has 114 valence electrons. The fraction of sp³-hybridized carbons (Fsp3) is 0.500. The van der Waals surface area contributed by atoms with Gasteiger partial charge in [0.1, 0.15) is 17.7 Å². The van der Waals surface area contributed by atoms with Gasteiger partial charge in [-0.15, -0.1) is 11.8 Å². The lowest BCUT2D eigenvalue weighted by Gasteiger charge is -2.17. The lowest BCUT2D eigenvalue weighted by atomic mass is 9.90. The van der Waals surface area contributed by atoms with E-state index in [-0.39, 0.29) is 5.57 Å². The first kappa shape index (κ1) is 17.8. The van der Waals surface area contributed by atoms with E-state index in [9.17, 15) is 10.1 Å². The number of ether oxygens (including phenoxy) is 1. The van der Waals surface area contributed by atoms with Crippen molar-refractivity contribution in [3.05, 3.63) is 21.6 Å². The van der Waals surface area contributed by atoms with E-state index in [1.165, 1.54) is 18.9 Å². The summed E-state index contributed by atoms with van der Waals surface area (Å²) in [5.74, 6) is -1.56. The minimum Gasteiger partial charge on any atom is -0.468 e. The first-order valence-corrected chi connectivity index (χ1v) is 8.15. The first-order valence-electron chi connectivity index (χ1n) is 6.92. The molecular formula is C16H17N3O2S. The minimum atomic E-state index is -0.973. The second-order valence-corrected chi connectivity index (χ2v) is 5.60. The summed E-state index contributed by atoms with van der Waals surface area (Å²) in [6, 6.07) is 5.82. The van der Waals surface area contributed by atoms with Crippen LogP contribution in [-0.2, 0) is 9.53 Å². The predicted octanol–water partition coefficient (Wildman–Crippen LogP) is 3.22. The zero-order valence-electron chi connectivity index (χ0n) is 12.7. The van der Waals surface area contributed by atoms with Crippen molar-refractivity contribution < 1.29 is 9.53 Å². The van der Waals surface area contributed by atoms with E-state index >= 15 is 0 Å². The molecule has 22 heavy (non-hydrogen) atoms. The van der Waals surface area contributed by atoms with Crippen molar-refractivity contribution in [1.82, 2.24) is 0 Å². The molecule has 0 N–H and O–H groups in total. The molecule has 0 aromatic rings. The Morgan fingerprint density at radius 3 is 2.32 bits per heavy atom. The highest BCUT2D eigenvalue weighted by atomic mass is 32.2. The zero-order chi connectivity index (χ0) is 16.5. The topological polar surface area (TPSA) is 97.7 Å². The van der Waals surface area contributed by atoms with Crippen molar-refractivity contribution in [3.8, 4) is 18.2 Å². The Hall–Kier alpha value is -2.23. The van der Waals surface area contributed by atoms with Crippen LogP contribution in [0.15, 0.2) is 21.6 Å². The van der Waals surface area contributed by atoms with Crippen LogP contribution in [-0.4, -0.2) is 19.3 Å². The molecule has 1 rings (SSSR count). The number of carbonyl (C=O) groups is 1. The molecule has 0 bridgehead atoms. The molecule has 1 atom stereocenters. The van der Waals surface area contributed by atoms with Crippen LogP contribution in [0.25, 0.3) is 0 Å². The van der Waals surface area contributed by atoms with Gasteiger partial charge in [0, 0.05) is 4.91 Å². The Labute approximate surface area is 134 Å². The number of allylic oxidation sites excluding steroid dienone is 2. The van der Waals surface area contributed by atoms with Gasteiger partial charge >= 0.3 is 5.97 Å². The summed E-state index contributed by atoms with van der Waals surface area (Å²) in [5, 5.41) is 27.6. The average molecular weight is 315 g/mol. The molecule has 0 amide bonds. The molecule has 0 saturated carbocycles. The minimum absolute atomic E-state index is 0.0310. The number of hydrogen-bond donors (Lipinski definition) is 0. The first-order chi connectivity index (χ1) is 10.6. The van der Waals surface area contributed by atoms with Crippen LogP contribution in [0.4, 0.5) is 0 Å². The van der Waals surface area contributed by atoms with E-state index in [4.69, 9.17) is 15.3 Å². The molecule has 0 spiro atoms. The van der Waals surface area contributed by atoms with Crippen LogP contribution in [0.3, 0.4) is 0 Å². The maximum absolute atomic E-state index is 11.9. The Kier molecular flexibility index (Phi) is 7.23. The quantitative estimate of drug-likeness (QED) is 0.583. The largest absolute Gasteiger partial charge is 0.468 e. The number of rotatable bonds is 4. The SMILES string of the molecule is COC(=O)C(C#N)C1=C(C(SC)=C(C#N)C#N)CCCCC1. The molecule has 1 aliphatic carbocycles. The Morgan fingerprint density at radius 1 is 1.18 bits per heavy atom. The second kappa shape index (κ2) is 8.93. The summed E-state index contributed by atoms with van der Waals surface area (Å²) in [7, 11) is 1.25. The van der Waals surface area contributed by atoms with Crippen molar-refractivity contribution in [1.29, 1.82) is 15.8 Å². The van der Waals surface area contributed by atoms with Gasteiger partial charge in [-0.05, 0) is 43.1 Å². The third-order valence-electron chi connectivity index (χ3n) is 3.60. The molecule has 1 aliphatic rings. The number of nitriles is 3. The summed E-state index contributed by atoms with van der Waals surface area (Å²) < 4.78 is 4.72. The molecule has 0 radical (unpaired) electrons. The van der Waals surface area contributed by atoms with Gasteiger partial charge in [-0.25, -0.2) is 0 Å².